The van der Waals surface area contributed by atoms with Crippen molar-refractivity contribution in [3.05, 3.63) is 0 Å². The van der Waals surface area contributed by atoms with Gasteiger partial charge in [-0.25, -0.2) is 0 Å². The van der Waals surface area contributed by atoms with Crippen molar-refractivity contribution in [1.82, 2.24) is 0 Å². The molecule has 2 bridgehead atoms. The van der Waals surface area contributed by atoms with Crippen molar-refractivity contribution in [2.45, 2.75) is 57.0 Å². The first-order valence-corrected chi connectivity index (χ1v) is 7.01. The molecule has 0 aromatic rings. The van der Waals surface area contributed by atoms with Crippen molar-refractivity contribution in [3.8, 4) is 0 Å². The van der Waals surface area contributed by atoms with Gasteiger partial charge in [0.05, 0.1) is 5.60 Å². The second-order valence-corrected chi connectivity index (χ2v) is 6.68. The van der Waals surface area contributed by atoms with Gasteiger partial charge >= 0.3 is 0 Å². The molecule has 0 heterocycles. The maximum Gasteiger partial charge on any atom is 0.0709 e. The normalized spacial score (nSPS) is 58.2. The summed E-state index contributed by atoms with van der Waals surface area (Å²) in [4.78, 5) is 0. The van der Waals surface area contributed by atoms with Crippen LogP contribution in [0.2, 0.25) is 0 Å². The minimum Gasteiger partial charge on any atom is -0.389 e. The summed E-state index contributed by atoms with van der Waals surface area (Å²) in [7, 11) is 0. The van der Waals surface area contributed by atoms with Gasteiger partial charge in [0.15, 0.2) is 0 Å². The average molecular weight is 206 g/mol. The second-order valence-electron chi connectivity index (χ2n) is 6.68. The molecule has 1 heteroatoms. The lowest BCUT2D eigenvalue weighted by Gasteiger charge is -2.47. The molecule has 0 radical (unpaired) electrons. The van der Waals surface area contributed by atoms with E-state index in [4.69, 9.17) is 0 Å². The largest absolute Gasteiger partial charge is 0.389 e. The van der Waals surface area contributed by atoms with Gasteiger partial charge in [-0.2, -0.15) is 0 Å². The third-order valence-electron chi connectivity index (χ3n) is 6.35. The summed E-state index contributed by atoms with van der Waals surface area (Å²) in [5.41, 5.74) is -0.200. The van der Waals surface area contributed by atoms with Crippen LogP contribution in [0.1, 0.15) is 51.4 Å². The summed E-state index contributed by atoms with van der Waals surface area (Å²) >= 11 is 0. The highest BCUT2D eigenvalue weighted by atomic mass is 16.3. The lowest BCUT2D eigenvalue weighted by atomic mass is 9.62. The number of rotatable bonds is 1. The quantitative estimate of drug-likeness (QED) is 0.699. The summed E-state index contributed by atoms with van der Waals surface area (Å²) in [5, 5.41) is 10.9. The molecule has 4 fully saturated rings. The zero-order valence-corrected chi connectivity index (χ0v) is 9.49. The number of hydrogen-bond donors (Lipinski definition) is 1. The standard InChI is InChI=1S/C14H22O/c15-14(10-3-1-4-10)8-9-7-13(14)12-6-2-5-11(9)12/h9-13,15H,1-8H2. The zero-order valence-electron chi connectivity index (χ0n) is 9.49. The fourth-order valence-electron chi connectivity index (χ4n) is 5.54. The van der Waals surface area contributed by atoms with Gasteiger partial charge in [0.25, 0.3) is 0 Å². The van der Waals surface area contributed by atoms with E-state index in [0.717, 1.165) is 17.8 Å². The lowest BCUT2D eigenvalue weighted by Crippen LogP contribution is -2.49. The van der Waals surface area contributed by atoms with Crippen LogP contribution in [-0.2, 0) is 0 Å². The molecule has 0 aliphatic heterocycles. The predicted octanol–water partition coefficient (Wildman–Crippen LogP) is 2.97. The average Bonchev–Trinajstić information content (AvgIpc) is 2.67. The Kier molecular flexibility index (Phi) is 1.68. The van der Waals surface area contributed by atoms with Gasteiger partial charge < -0.3 is 5.11 Å². The van der Waals surface area contributed by atoms with Crippen LogP contribution in [0.5, 0.6) is 0 Å². The van der Waals surface area contributed by atoms with Crippen LogP contribution in [0.4, 0.5) is 0 Å². The van der Waals surface area contributed by atoms with E-state index in [9.17, 15) is 5.11 Å². The first-order chi connectivity index (χ1) is 7.29. The fraction of sp³-hybridized carbons (Fsp3) is 1.00. The minimum atomic E-state index is -0.200. The summed E-state index contributed by atoms with van der Waals surface area (Å²) < 4.78 is 0. The van der Waals surface area contributed by atoms with Crippen molar-refractivity contribution < 1.29 is 5.11 Å². The van der Waals surface area contributed by atoms with E-state index < -0.39 is 0 Å². The molecule has 4 rings (SSSR count). The second kappa shape index (κ2) is 2.80. The maximum absolute atomic E-state index is 10.9. The molecule has 84 valence electrons. The van der Waals surface area contributed by atoms with Crippen molar-refractivity contribution >= 4 is 0 Å². The summed E-state index contributed by atoms with van der Waals surface area (Å²) in [5.74, 6) is 4.26. The Balaban J connectivity index is 1.64. The Morgan fingerprint density at radius 2 is 1.67 bits per heavy atom. The van der Waals surface area contributed by atoms with Crippen LogP contribution < -0.4 is 0 Å². The number of fused-ring (bicyclic) bond motifs is 5. The SMILES string of the molecule is OC1(C2CCC2)CC2CC1C1CCCC21. The van der Waals surface area contributed by atoms with E-state index in [1.165, 1.54) is 51.4 Å². The van der Waals surface area contributed by atoms with Gasteiger partial charge in [-0.1, -0.05) is 12.8 Å². The minimum absolute atomic E-state index is 0.200. The van der Waals surface area contributed by atoms with E-state index in [1.54, 1.807) is 0 Å². The maximum atomic E-state index is 10.9. The molecule has 0 aromatic carbocycles. The molecular weight excluding hydrogens is 184 g/mol. The third-order valence-corrected chi connectivity index (χ3v) is 6.35. The van der Waals surface area contributed by atoms with Gasteiger partial charge in [0.1, 0.15) is 0 Å². The molecule has 5 atom stereocenters. The Hall–Kier alpha value is -0.0400. The van der Waals surface area contributed by atoms with Gasteiger partial charge in [-0.15, -0.1) is 0 Å². The molecule has 0 amide bonds. The molecule has 1 N–H and O–H groups in total. The summed E-state index contributed by atoms with van der Waals surface area (Å²) in [6.07, 6.45) is 10.9. The van der Waals surface area contributed by atoms with Gasteiger partial charge in [0.2, 0.25) is 0 Å². The molecular formula is C14H22O. The number of hydrogen-bond acceptors (Lipinski definition) is 1. The Morgan fingerprint density at radius 3 is 2.40 bits per heavy atom. The summed E-state index contributed by atoms with van der Waals surface area (Å²) in [6.45, 7) is 0. The lowest BCUT2D eigenvalue weighted by molar-refractivity contribution is -0.113. The van der Waals surface area contributed by atoms with E-state index >= 15 is 0 Å². The fourth-order valence-corrected chi connectivity index (χ4v) is 5.54. The highest BCUT2D eigenvalue weighted by molar-refractivity contribution is 5.13. The first-order valence-electron chi connectivity index (χ1n) is 7.01. The molecule has 5 unspecified atom stereocenters. The van der Waals surface area contributed by atoms with Crippen LogP contribution in [0.25, 0.3) is 0 Å². The van der Waals surface area contributed by atoms with Crippen LogP contribution >= 0.6 is 0 Å². The molecule has 1 nitrogen and oxygen atoms in total. The number of aliphatic hydroxyl groups is 1. The first kappa shape index (κ1) is 9.04. The van der Waals surface area contributed by atoms with Crippen LogP contribution in [0, 0.1) is 29.6 Å². The molecule has 4 aliphatic carbocycles. The van der Waals surface area contributed by atoms with Crippen molar-refractivity contribution in [2.24, 2.45) is 29.6 Å². The molecule has 15 heavy (non-hydrogen) atoms. The van der Waals surface area contributed by atoms with Crippen LogP contribution in [0.3, 0.4) is 0 Å². The third kappa shape index (κ3) is 0.988. The van der Waals surface area contributed by atoms with E-state index in [-0.39, 0.29) is 5.60 Å². The van der Waals surface area contributed by atoms with E-state index in [0.29, 0.717) is 11.8 Å². The highest BCUT2D eigenvalue weighted by Gasteiger charge is 2.62. The van der Waals surface area contributed by atoms with Crippen molar-refractivity contribution in [1.29, 1.82) is 0 Å². The van der Waals surface area contributed by atoms with Crippen molar-refractivity contribution in [2.75, 3.05) is 0 Å². The van der Waals surface area contributed by atoms with Gasteiger partial charge in [-0.05, 0) is 68.1 Å². The van der Waals surface area contributed by atoms with Gasteiger partial charge in [0, 0.05) is 0 Å². The molecule has 4 aliphatic rings. The van der Waals surface area contributed by atoms with Crippen LogP contribution in [0.15, 0.2) is 0 Å². The molecule has 0 saturated heterocycles. The smallest absolute Gasteiger partial charge is 0.0709 e. The molecule has 0 aromatic heterocycles. The molecule has 0 spiro atoms. The topological polar surface area (TPSA) is 20.2 Å². The van der Waals surface area contributed by atoms with Crippen molar-refractivity contribution in [3.63, 3.8) is 0 Å². The van der Waals surface area contributed by atoms with Crippen LogP contribution in [-0.4, -0.2) is 10.7 Å². The van der Waals surface area contributed by atoms with E-state index in [1.807, 2.05) is 0 Å². The predicted molar refractivity (Wildman–Crippen MR) is 59.3 cm³/mol. The highest BCUT2D eigenvalue weighted by Crippen LogP contribution is 2.65. The van der Waals surface area contributed by atoms with E-state index in [2.05, 4.69) is 0 Å². The van der Waals surface area contributed by atoms with Gasteiger partial charge in [-0.3, -0.25) is 0 Å². The summed E-state index contributed by atoms with van der Waals surface area (Å²) in [6, 6.07) is 0. The Morgan fingerprint density at radius 1 is 0.933 bits per heavy atom. The zero-order chi connectivity index (χ0) is 10.0. The Labute approximate surface area is 92.3 Å². The molecule has 4 saturated carbocycles. The Bertz CT molecular complexity index is 283. The monoisotopic (exact) mass is 206 g/mol.